The molecular weight excluding hydrogens is 396 g/mol. The zero-order chi connectivity index (χ0) is 21.1. The van der Waals surface area contributed by atoms with Gasteiger partial charge in [0, 0.05) is 11.8 Å². The molecule has 7 nitrogen and oxygen atoms in total. The molecule has 1 fully saturated rings. The van der Waals surface area contributed by atoms with Crippen LogP contribution in [0.4, 0.5) is 14.5 Å². The molecule has 0 aliphatic carbocycles. The molecule has 158 valence electrons. The average molecular weight is 418 g/mol. The van der Waals surface area contributed by atoms with Gasteiger partial charge in [-0.2, -0.15) is 0 Å². The van der Waals surface area contributed by atoms with Crippen LogP contribution in [0.25, 0.3) is 0 Å². The highest BCUT2D eigenvalue weighted by molar-refractivity contribution is 5.91. The number of hydrogen-bond acceptors (Lipinski definition) is 4. The monoisotopic (exact) mass is 418 g/mol. The van der Waals surface area contributed by atoms with Crippen molar-refractivity contribution in [3.8, 4) is 11.5 Å². The Balaban J connectivity index is 1.25. The summed E-state index contributed by atoms with van der Waals surface area (Å²) in [5, 5.41) is 2.57. The van der Waals surface area contributed by atoms with Gasteiger partial charge in [-0.1, -0.05) is 12.1 Å². The molecule has 0 spiro atoms. The molecule has 4 rings (SSSR count). The molecule has 0 saturated carbocycles. The number of quaternary nitrogens is 1. The van der Waals surface area contributed by atoms with E-state index in [1.54, 1.807) is 17.0 Å². The number of fused-ring (bicyclic) bond motifs is 1. The number of hydrogen-bond donors (Lipinski definition) is 2. The number of halogens is 2. The average Bonchev–Trinajstić information content (AvgIpc) is 2.76. The third-order valence-electron chi connectivity index (χ3n) is 5.18. The third-order valence-corrected chi connectivity index (χ3v) is 5.18. The molecule has 0 bridgehead atoms. The van der Waals surface area contributed by atoms with Crippen LogP contribution in [-0.4, -0.2) is 62.1 Å². The third kappa shape index (κ3) is 4.51. The van der Waals surface area contributed by atoms with Crippen LogP contribution in [-0.2, 0) is 9.59 Å². The molecule has 1 atom stereocenters. The van der Waals surface area contributed by atoms with Gasteiger partial charge in [-0.05, 0) is 24.3 Å². The van der Waals surface area contributed by atoms with Crippen LogP contribution in [0.1, 0.15) is 0 Å². The van der Waals surface area contributed by atoms with E-state index in [2.05, 4.69) is 5.32 Å². The number of benzene rings is 2. The lowest BCUT2D eigenvalue weighted by atomic mass is 10.2. The van der Waals surface area contributed by atoms with E-state index in [9.17, 15) is 18.4 Å². The molecule has 9 heteroatoms. The quantitative estimate of drug-likeness (QED) is 0.758. The van der Waals surface area contributed by atoms with Gasteiger partial charge in [-0.25, -0.2) is 8.78 Å². The van der Waals surface area contributed by atoms with Crippen LogP contribution in [0.2, 0.25) is 0 Å². The van der Waals surface area contributed by atoms with Crippen molar-refractivity contribution in [3.63, 3.8) is 0 Å². The maximum absolute atomic E-state index is 13.3. The summed E-state index contributed by atoms with van der Waals surface area (Å²) in [5.41, 5.74) is 0.210. The van der Waals surface area contributed by atoms with E-state index in [1.165, 1.54) is 6.07 Å². The van der Waals surface area contributed by atoms with Crippen LogP contribution in [0.5, 0.6) is 11.5 Å². The van der Waals surface area contributed by atoms with Crippen molar-refractivity contribution in [3.05, 3.63) is 54.1 Å². The Morgan fingerprint density at radius 1 is 1.07 bits per heavy atom. The molecule has 2 N–H and O–H groups in total. The van der Waals surface area contributed by atoms with Gasteiger partial charge in [0.25, 0.3) is 11.8 Å². The molecule has 2 aromatic rings. The van der Waals surface area contributed by atoms with Crippen molar-refractivity contribution in [1.82, 2.24) is 4.90 Å². The first kappa shape index (κ1) is 20.1. The van der Waals surface area contributed by atoms with Gasteiger partial charge >= 0.3 is 0 Å². The lowest BCUT2D eigenvalue weighted by Crippen LogP contribution is -3.15. The van der Waals surface area contributed by atoms with Crippen molar-refractivity contribution in [2.24, 2.45) is 0 Å². The number of ether oxygens (including phenoxy) is 2. The Morgan fingerprint density at radius 3 is 2.53 bits per heavy atom. The van der Waals surface area contributed by atoms with Crippen molar-refractivity contribution >= 4 is 17.5 Å². The van der Waals surface area contributed by atoms with Crippen molar-refractivity contribution in [1.29, 1.82) is 0 Å². The van der Waals surface area contributed by atoms with E-state index < -0.39 is 17.7 Å². The highest BCUT2D eigenvalue weighted by Crippen LogP contribution is 2.31. The number of para-hydroxylation sites is 2. The number of amides is 2. The minimum atomic E-state index is -1.01. The number of nitrogens with zero attached hydrogens (tertiary/aromatic N) is 1. The highest BCUT2D eigenvalue weighted by atomic mass is 19.2. The van der Waals surface area contributed by atoms with E-state index in [1.807, 2.05) is 12.1 Å². The number of piperazine rings is 1. The van der Waals surface area contributed by atoms with Gasteiger partial charge in [-0.15, -0.1) is 0 Å². The fourth-order valence-corrected chi connectivity index (χ4v) is 3.57. The van der Waals surface area contributed by atoms with Gasteiger partial charge < -0.3 is 24.6 Å². The van der Waals surface area contributed by atoms with Gasteiger partial charge in [0.1, 0.15) is 6.61 Å². The summed E-state index contributed by atoms with van der Waals surface area (Å²) in [6.07, 6.45) is -0.682. The molecule has 30 heavy (non-hydrogen) atoms. The Kier molecular flexibility index (Phi) is 5.80. The van der Waals surface area contributed by atoms with Crippen molar-refractivity contribution in [2.75, 3.05) is 44.6 Å². The second-order valence-electron chi connectivity index (χ2n) is 7.29. The maximum atomic E-state index is 13.3. The van der Waals surface area contributed by atoms with Gasteiger partial charge in [0.2, 0.25) is 6.10 Å². The Hall–Kier alpha value is -3.20. The second-order valence-corrected chi connectivity index (χ2v) is 7.29. The minimum absolute atomic E-state index is 0.130. The van der Waals surface area contributed by atoms with Gasteiger partial charge in [-0.3, -0.25) is 9.59 Å². The van der Waals surface area contributed by atoms with Crippen LogP contribution >= 0.6 is 0 Å². The number of rotatable bonds is 4. The standard InChI is InChI=1S/C21H21F2N3O4/c22-15-6-5-14(11-16(15)23)24-20(27)12-25-7-9-26(10-8-25)21(28)19-13-29-17-3-1-2-4-18(17)30-19/h1-6,11,19H,7-10,12-13H2,(H,24,27)/p+1/t19-/m0/s1. The fourth-order valence-electron chi connectivity index (χ4n) is 3.57. The van der Waals surface area contributed by atoms with Crippen molar-refractivity contribution in [2.45, 2.75) is 6.10 Å². The largest absolute Gasteiger partial charge is 0.485 e. The zero-order valence-corrected chi connectivity index (χ0v) is 16.2. The lowest BCUT2D eigenvalue weighted by molar-refractivity contribution is -0.895. The SMILES string of the molecule is O=C(C[NH+]1CCN(C(=O)[C@@H]2COc3ccccc3O2)CC1)Nc1ccc(F)c(F)c1. The maximum Gasteiger partial charge on any atom is 0.279 e. The minimum Gasteiger partial charge on any atom is -0.485 e. The predicted molar refractivity (Wildman–Crippen MR) is 103 cm³/mol. The molecule has 0 unspecified atom stereocenters. The Bertz CT molecular complexity index is 948. The summed E-state index contributed by atoms with van der Waals surface area (Å²) in [7, 11) is 0. The first-order valence-corrected chi connectivity index (χ1v) is 9.75. The summed E-state index contributed by atoms with van der Waals surface area (Å²) in [6.45, 7) is 2.53. The summed E-state index contributed by atoms with van der Waals surface area (Å²) in [6, 6.07) is 10.5. The summed E-state index contributed by atoms with van der Waals surface area (Å²) in [4.78, 5) is 27.7. The molecule has 2 aliphatic heterocycles. The van der Waals surface area contributed by atoms with Crippen molar-refractivity contribution < 1.29 is 32.7 Å². The van der Waals surface area contributed by atoms with Gasteiger partial charge in [0.05, 0.1) is 26.2 Å². The molecule has 0 aromatic heterocycles. The van der Waals surface area contributed by atoms with E-state index in [-0.39, 0.29) is 30.7 Å². The molecule has 1 saturated heterocycles. The van der Waals surface area contributed by atoms with Crippen LogP contribution in [0.15, 0.2) is 42.5 Å². The fraction of sp³-hybridized carbons (Fsp3) is 0.333. The summed E-state index contributed by atoms with van der Waals surface area (Å²) >= 11 is 0. The van der Waals surface area contributed by atoms with E-state index in [0.29, 0.717) is 37.7 Å². The number of carbonyl (C=O) groups excluding carboxylic acids is 2. The van der Waals surface area contributed by atoms with Crippen LogP contribution in [0, 0.1) is 11.6 Å². The number of carbonyl (C=O) groups is 2. The Labute approximate surface area is 172 Å². The topological polar surface area (TPSA) is 72.3 Å². The van der Waals surface area contributed by atoms with Crippen LogP contribution in [0.3, 0.4) is 0 Å². The summed E-state index contributed by atoms with van der Waals surface area (Å²) < 4.78 is 37.6. The first-order chi connectivity index (χ1) is 14.5. The van der Waals surface area contributed by atoms with Gasteiger partial charge in [0.15, 0.2) is 29.7 Å². The van der Waals surface area contributed by atoms with Crippen LogP contribution < -0.4 is 19.7 Å². The van der Waals surface area contributed by atoms with E-state index in [0.717, 1.165) is 17.0 Å². The Morgan fingerprint density at radius 2 is 1.80 bits per heavy atom. The number of nitrogens with one attached hydrogen (secondary N) is 2. The molecule has 2 amide bonds. The normalized spacial score (nSPS) is 18.7. The number of anilines is 1. The predicted octanol–water partition coefficient (Wildman–Crippen LogP) is 0.470. The molecule has 2 aliphatic rings. The summed E-state index contributed by atoms with van der Waals surface area (Å²) in [5.74, 6) is -1.21. The van der Waals surface area contributed by atoms with E-state index >= 15 is 0 Å². The first-order valence-electron chi connectivity index (χ1n) is 9.75. The molecule has 0 radical (unpaired) electrons. The second kappa shape index (κ2) is 8.66. The zero-order valence-electron chi connectivity index (χ0n) is 16.2. The smallest absolute Gasteiger partial charge is 0.279 e. The van der Waals surface area contributed by atoms with E-state index in [4.69, 9.17) is 9.47 Å². The molecule has 2 aromatic carbocycles. The highest BCUT2D eigenvalue weighted by Gasteiger charge is 2.34. The molecule has 2 heterocycles. The molecular formula is C21H22F2N3O4+. The lowest BCUT2D eigenvalue weighted by Gasteiger charge is -2.35.